The number of carboxylic acid groups (broad SMARTS) is 1. The molecule has 96 heavy (non-hydrogen) atoms. The maximum Gasteiger partial charge on any atom is 0.317 e. The molecule has 26 nitrogen and oxygen atoms in total. The van der Waals surface area contributed by atoms with Crippen LogP contribution in [-0.2, 0) is 59.0 Å². The number of terminal acetylenes is 1. The first kappa shape index (κ1) is 75.5. The Morgan fingerprint density at radius 1 is 0.792 bits per heavy atom. The predicted molar refractivity (Wildman–Crippen MR) is 353 cm³/mol. The lowest BCUT2D eigenvalue weighted by Crippen LogP contribution is -2.51. The molecule has 1 aromatic heterocycles. The molecule has 0 bridgehead atoms. The second-order valence-corrected chi connectivity index (χ2v) is 26.4. The van der Waals surface area contributed by atoms with Gasteiger partial charge in [-0.1, -0.05) is 55.5 Å². The zero-order valence-corrected chi connectivity index (χ0v) is 55.8. The number of nitrogens with one attached hydrogen (secondary N) is 3. The van der Waals surface area contributed by atoms with Crippen molar-refractivity contribution in [3.05, 3.63) is 71.4 Å². The number of unbranched alkanes of at least 4 members (excludes halogenated alkanes) is 2. The molecular formula is C67H92F2N12O14S. The average Bonchev–Trinajstić information content (AvgIpc) is 1.23. The van der Waals surface area contributed by atoms with Crippen LogP contribution >= 0.6 is 11.8 Å². The zero-order valence-electron chi connectivity index (χ0n) is 55.0. The van der Waals surface area contributed by atoms with E-state index in [0.29, 0.717) is 160 Å². The van der Waals surface area contributed by atoms with Crippen LogP contribution in [0.1, 0.15) is 86.2 Å². The van der Waals surface area contributed by atoms with Crippen molar-refractivity contribution in [1.82, 2.24) is 60.1 Å². The molecule has 4 atom stereocenters. The molecule has 4 aliphatic heterocycles. The van der Waals surface area contributed by atoms with Gasteiger partial charge in [0.2, 0.25) is 35.4 Å². The van der Waals surface area contributed by atoms with E-state index in [2.05, 4.69) is 56.0 Å². The number of carbonyl (C=O) groups is 10. The van der Waals surface area contributed by atoms with Crippen molar-refractivity contribution in [3.63, 3.8) is 0 Å². The van der Waals surface area contributed by atoms with Gasteiger partial charge in [-0.25, -0.2) is 8.78 Å². The number of halogens is 2. The number of piperazine rings is 1. The van der Waals surface area contributed by atoms with Crippen molar-refractivity contribution >= 4 is 82.9 Å². The number of hydrogen-bond donors (Lipinski definition) is 4. The standard InChI is InChI=1S/C67H92F2N12O14S/c1-4-52-38-67(68,69)44-81(52)62(87)40-73-64(90)55-19-21-70-57-18-17-53(36-56(55)57)95-35-9-22-74-31-33-79(34-32-74)65(91)50(3)41-80-61(86)37-58(66(80)92)96-54(11-6-5-7-20-71-59(84)12-8-10-51-15-13-49(2)14-16-51)39-72-60(85)42-75-23-24-76(43-63(88)89)26-28-78(46-94-48-83)30-29-77(27-25-75)45-93-47-82/h1,13-19,21,36,47-48,50,52,54,58H,5-12,20,22-35,37-46H2,2-3H3,(H,71,84)(H,72,85)(H,73,90)(H,88,89)/t50-,52+,54-,58?/m1/s1. The van der Waals surface area contributed by atoms with Crippen LogP contribution in [0.4, 0.5) is 8.78 Å². The highest BCUT2D eigenvalue weighted by molar-refractivity contribution is 8.01. The lowest BCUT2D eigenvalue weighted by molar-refractivity contribution is -0.143. The summed E-state index contributed by atoms with van der Waals surface area (Å²) in [6.45, 7) is 9.36. The van der Waals surface area contributed by atoms with Gasteiger partial charge in [0, 0.05) is 141 Å². The van der Waals surface area contributed by atoms with E-state index in [4.69, 9.17) is 20.6 Å². The second kappa shape index (κ2) is 38.8. The van der Waals surface area contributed by atoms with Crippen LogP contribution in [0.25, 0.3) is 10.9 Å². The van der Waals surface area contributed by atoms with Crippen LogP contribution in [0.2, 0.25) is 0 Å². The van der Waals surface area contributed by atoms with E-state index in [0.717, 1.165) is 24.2 Å². The van der Waals surface area contributed by atoms with Crippen LogP contribution < -0.4 is 20.7 Å². The van der Waals surface area contributed by atoms with Crippen molar-refractivity contribution < 1.29 is 76.0 Å². The third kappa shape index (κ3) is 24.6. The van der Waals surface area contributed by atoms with Crippen molar-refractivity contribution in [2.24, 2.45) is 5.92 Å². The van der Waals surface area contributed by atoms with Crippen LogP contribution in [0.15, 0.2) is 54.7 Å². The molecule has 1 unspecified atom stereocenters. The number of likely N-dealkylation sites (tertiary alicyclic amines) is 2. The molecule has 5 heterocycles. The van der Waals surface area contributed by atoms with Crippen LogP contribution in [-0.4, -0.2) is 283 Å². The number of aryl methyl sites for hydroxylation is 2. The number of benzene rings is 2. The Balaban J connectivity index is 0.877. The molecule has 4 fully saturated rings. The first-order valence-electron chi connectivity index (χ1n) is 33.0. The summed E-state index contributed by atoms with van der Waals surface area (Å²) in [5, 5.41) is 17.8. The monoisotopic (exact) mass is 1360 g/mol. The van der Waals surface area contributed by atoms with Crippen molar-refractivity contribution in [2.75, 3.05) is 151 Å². The van der Waals surface area contributed by atoms with Gasteiger partial charge in [0.15, 0.2) is 0 Å². The Bertz CT molecular complexity index is 3160. The van der Waals surface area contributed by atoms with E-state index in [1.807, 2.05) is 21.6 Å². The minimum absolute atomic E-state index is 0.00570. The number of carbonyl (C=O) groups excluding carboxylic acids is 9. The number of alkyl halides is 2. The maximum atomic E-state index is 14.2. The Morgan fingerprint density at radius 3 is 2.10 bits per heavy atom. The van der Waals surface area contributed by atoms with Crippen LogP contribution in [0, 0.1) is 25.2 Å². The number of carboxylic acids is 1. The number of thioether (sulfide) groups is 1. The number of fused-ring (bicyclic) bond motifs is 1. The normalized spacial score (nSPS) is 19.3. The van der Waals surface area contributed by atoms with E-state index < -0.39 is 66.3 Å². The summed E-state index contributed by atoms with van der Waals surface area (Å²) < 4.78 is 44.2. The van der Waals surface area contributed by atoms with E-state index >= 15 is 0 Å². The Labute approximate surface area is 563 Å². The van der Waals surface area contributed by atoms with E-state index in [-0.39, 0.29) is 80.5 Å². The molecule has 0 aliphatic carbocycles. The summed E-state index contributed by atoms with van der Waals surface area (Å²) in [6.07, 6.45) is 11.5. The van der Waals surface area contributed by atoms with Gasteiger partial charge in [0.25, 0.3) is 24.8 Å². The fourth-order valence-corrected chi connectivity index (χ4v) is 13.5. The number of pyridine rings is 1. The lowest BCUT2D eigenvalue weighted by atomic mass is 10.1. The smallest absolute Gasteiger partial charge is 0.317 e. The molecule has 0 saturated carbocycles. The second-order valence-electron chi connectivity index (χ2n) is 24.9. The molecule has 0 radical (unpaired) electrons. The van der Waals surface area contributed by atoms with Gasteiger partial charge in [0.1, 0.15) is 19.2 Å². The van der Waals surface area contributed by atoms with Gasteiger partial charge in [0.05, 0.1) is 61.1 Å². The molecule has 7 amide bonds. The molecule has 4 N–H and O–H groups in total. The Kier molecular flexibility index (Phi) is 30.5. The fraction of sp³-hybridized carbons (Fsp3) is 0.597. The molecule has 4 aliphatic rings. The summed E-state index contributed by atoms with van der Waals surface area (Å²) in [6, 6.07) is 13.8. The lowest BCUT2D eigenvalue weighted by Gasteiger charge is -2.36. The first-order chi connectivity index (χ1) is 46.2. The fourth-order valence-electron chi connectivity index (χ4n) is 12.0. The molecule has 0 spiro atoms. The van der Waals surface area contributed by atoms with Crippen molar-refractivity contribution in [3.8, 4) is 18.1 Å². The third-order valence-electron chi connectivity index (χ3n) is 17.5. The van der Waals surface area contributed by atoms with Gasteiger partial charge in [-0.05, 0) is 68.9 Å². The summed E-state index contributed by atoms with van der Waals surface area (Å²) in [4.78, 5) is 146. The number of amides is 7. The van der Waals surface area contributed by atoms with Gasteiger partial charge in [-0.15, -0.1) is 18.2 Å². The summed E-state index contributed by atoms with van der Waals surface area (Å²) >= 11 is 1.33. The van der Waals surface area contributed by atoms with Gasteiger partial charge >= 0.3 is 5.97 Å². The third-order valence-corrected chi connectivity index (χ3v) is 19.0. The van der Waals surface area contributed by atoms with Gasteiger partial charge < -0.3 is 45.1 Å². The first-order valence-corrected chi connectivity index (χ1v) is 33.9. The topological polar surface area (TPSA) is 294 Å². The molecule has 7 rings (SSSR count). The molecule has 3 aromatic rings. The van der Waals surface area contributed by atoms with Crippen LogP contribution in [0.5, 0.6) is 5.75 Å². The molecule has 524 valence electrons. The van der Waals surface area contributed by atoms with Crippen LogP contribution in [0.3, 0.4) is 0 Å². The SMILES string of the molecule is C#C[C@H]1CC(F)(F)CN1C(=O)CNC(=O)c1ccnc2ccc(OCCCN3CCN(C(=O)[C@H](C)CN4C(=O)CC(S[C@H](CCCCCNC(=O)CCCc5ccc(C)cc5)CNC(=O)CN5CCN(COC=O)CCN(COC=O)CCN(CC(=O)O)CC5)C4=O)CC3)cc12. The number of aliphatic carboxylic acids is 1. The van der Waals surface area contributed by atoms with Crippen molar-refractivity contribution in [2.45, 2.75) is 101 Å². The number of imide groups is 1. The number of ether oxygens (including phenoxy) is 3. The quantitative estimate of drug-likeness (QED) is 0.0284. The number of nitrogens with zero attached hydrogens (tertiary/aromatic N) is 9. The minimum Gasteiger partial charge on any atom is -0.494 e. The summed E-state index contributed by atoms with van der Waals surface area (Å²) in [5.41, 5.74) is 3.09. The summed E-state index contributed by atoms with van der Waals surface area (Å²) in [5.74, 6) is -4.67. The van der Waals surface area contributed by atoms with Gasteiger partial charge in [-0.2, -0.15) is 0 Å². The van der Waals surface area contributed by atoms with Gasteiger partial charge in [-0.3, -0.25) is 82.3 Å². The highest BCUT2D eigenvalue weighted by Crippen LogP contribution is 2.33. The predicted octanol–water partition coefficient (Wildman–Crippen LogP) is 2.30. The van der Waals surface area contributed by atoms with E-state index in [9.17, 15) is 61.8 Å². The Morgan fingerprint density at radius 2 is 1.45 bits per heavy atom. The highest BCUT2D eigenvalue weighted by Gasteiger charge is 2.46. The number of aromatic nitrogens is 1. The van der Waals surface area contributed by atoms with Crippen molar-refractivity contribution in [1.29, 1.82) is 0 Å². The molecule has 29 heteroatoms. The molecule has 2 aromatic carbocycles. The highest BCUT2D eigenvalue weighted by atomic mass is 32.2. The molecule has 4 saturated heterocycles. The largest absolute Gasteiger partial charge is 0.494 e. The average molecular weight is 1360 g/mol. The summed E-state index contributed by atoms with van der Waals surface area (Å²) in [7, 11) is 0. The van der Waals surface area contributed by atoms with E-state index in [1.165, 1.54) is 40.1 Å². The van der Waals surface area contributed by atoms with E-state index in [1.54, 1.807) is 34.9 Å². The number of hydrogen-bond acceptors (Lipinski definition) is 20. The number of rotatable bonds is 35. The minimum atomic E-state index is -3.11. The maximum absolute atomic E-state index is 14.2. The Hall–Kier alpha value is -7.88. The zero-order chi connectivity index (χ0) is 69.0. The molecular weight excluding hydrogens is 1270 g/mol.